The van der Waals surface area contributed by atoms with Gasteiger partial charge in [0.05, 0.1) is 0 Å². The van der Waals surface area contributed by atoms with Crippen molar-refractivity contribution in [3.05, 3.63) is 18.9 Å². The smallest absolute Gasteiger partial charge is 0.581 e. The molecule has 9 heavy (non-hydrogen) atoms. The summed E-state index contributed by atoms with van der Waals surface area (Å²) in [6.07, 6.45) is 5.22. The average molecular weight is 137 g/mol. The minimum atomic E-state index is -0.250. The zero-order valence-electron chi connectivity index (χ0n) is 4.94. The Kier molecular flexibility index (Phi) is 13.5. The van der Waals surface area contributed by atoms with Crippen LogP contribution in [0, 0.1) is 6.39 Å². The van der Waals surface area contributed by atoms with E-state index in [1.807, 2.05) is 0 Å². The first-order valence-corrected chi connectivity index (χ1v) is 1.75. The Hall–Kier alpha value is -0.320. The Morgan fingerprint density at radius 3 is 2.44 bits per heavy atom. The summed E-state index contributed by atoms with van der Waals surface area (Å²) >= 11 is 0. The molecule has 0 saturated carbocycles. The number of hydrogen-bond donors (Lipinski definition) is 1. The van der Waals surface area contributed by atoms with Gasteiger partial charge in [-0.3, -0.25) is 4.79 Å². The van der Waals surface area contributed by atoms with Crippen molar-refractivity contribution < 1.29 is 43.9 Å². The second-order valence-electron chi connectivity index (χ2n) is 0.729. The molecule has 0 fully saturated rings. The SMILES string of the molecule is O=CO.[Na+].[c-]1ncco1. The van der Waals surface area contributed by atoms with E-state index in [4.69, 9.17) is 9.90 Å². The number of aromatic nitrogens is 1. The molecule has 0 aliphatic rings. The number of rotatable bonds is 0. The first kappa shape index (κ1) is 11.5. The summed E-state index contributed by atoms with van der Waals surface area (Å²) in [4.78, 5) is 11.8. The zero-order valence-corrected chi connectivity index (χ0v) is 6.94. The zero-order chi connectivity index (χ0) is 6.24. The van der Waals surface area contributed by atoms with Crippen molar-refractivity contribution in [1.82, 2.24) is 4.98 Å². The van der Waals surface area contributed by atoms with E-state index in [9.17, 15) is 0 Å². The molecule has 0 bridgehead atoms. The summed E-state index contributed by atoms with van der Waals surface area (Å²) in [5, 5.41) is 6.89. The molecule has 4 nitrogen and oxygen atoms in total. The van der Waals surface area contributed by atoms with E-state index in [1.54, 1.807) is 0 Å². The van der Waals surface area contributed by atoms with Gasteiger partial charge in [-0.1, -0.05) is 6.20 Å². The molecule has 0 amide bonds. The second kappa shape index (κ2) is 10.6. The molecule has 1 aromatic heterocycles. The molecular weight excluding hydrogens is 133 g/mol. The van der Waals surface area contributed by atoms with Crippen LogP contribution < -0.4 is 29.6 Å². The minimum Gasteiger partial charge on any atom is -0.581 e. The third-order valence-electron chi connectivity index (χ3n) is 0.309. The van der Waals surface area contributed by atoms with Gasteiger partial charge in [-0.15, -0.1) is 0 Å². The van der Waals surface area contributed by atoms with Gasteiger partial charge >= 0.3 is 29.6 Å². The molecule has 0 radical (unpaired) electrons. The maximum Gasteiger partial charge on any atom is 1.00 e. The molecule has 0 aliphatic heterocycles. The van der Waals surface area contributed by atoms with E-state index in [-0.39, 0.29) is 36.0 Å². The van der Waals surface area contributed by atoms with Gasteiger partial charge in [-0.05, 0) is 6.26 Å². The Morgan fingerprint density at radius 2 is 2.33 bits per heavy atom. The largest absolute Gasteiger partial charge is 1.00 e. The molecule has 1 heterocycles. The van der Waals surface area contributed by atoms with Crippen molar-refractivity contribution in [3.8, 4) is 0 Å². The van der Waals surface area contributed by atoms with Crippen LogP contribution in [-0.2, 0) is 4.79 Å². The molecule has 0 spiro atoms. The average Bonchev–Trinajstić information content (AvgIpc) is 2.17. The van der Waals surface area contributed by atoms with Gasteiger partial charge in [-0.2, -0.15) is 0 Å². The summed E-state index contributed by atoms with van der Waals surface area (Å²) in [5.74, 6) is 0. The van der Waals surface area contributed by atoms with Crippen LogP contribution in [0.3, 0.4) is 0 Å². The molecule has 0 atom stereocenters. The minimum absolute atomic E-state index is 0. The molecule has 0 aliphatic carbocycles. The van der Waals surface area contributed by atoms with Crippen molar-refractivity contribution >= 4 is 6.47 Å². The van der Waals surface area contributed by atoms with Gasteiger partial charge in [0.1, 0.15) is 6.39 Å². The van der Waals surface area contributed by atoms with Crippen molar-refractivity contribution in [3.63, 3.8) is 0 Å². The maximum absolute atomic E-state index is 8.36. The Bertz CT molecular complexity index is 102. The molecule has 0 saturated heterocycles. The predicted molar refractivity (Wildman–Crippen MR) is 24.0 cm³/mol. The predicted octanol–water partition coefficient (Wildman–Crippen LogP) is -2.82. The fraction of sp³-hybridized carbons (Fsp3) is 0. The van der Waals surface area contributed by atoms with Gasteiger partial charge in [0.2, 0.25) is 0 Å². The molecule has 1 aromatic rings. The van der Waals surface area contributed by atoms with Crippen LogP contribution in [0.4, 0.5) is 0 Å². The second-order valence-corrected chi connectivity index (χ2v) is 0.729. The van der Waals surface area contributed by atoms with Crippen LogP contribution >= 0.6 is 0 Å². The summed E-state index contributed by atoms with van der Waals surface area (Å²) in [7, 11) is 0. The van der Waals surface area contributed by atoms with Crippen LogP contribution in [0.1, 0.15) is 0 Å². The van der Waals surface area contributed by atoms with Crippen LogP contribution in [0.5, 0.6) is 0 Å². The van der Waals surface area contributed by atoms with Crippen LogP contribution in [0.2, 0.25) is 0 Å². The van der Waals surface area contributed by atoms with E-state index >= 15 is 0 Å². The number of hydrogen-bond acceptors (Lipinski definition) is 3. The molecule has 0 unspecified atom stereocenters. The van der Waals surface area contributed by atoms with E-state index in [0.29, 0.717) is 0 Å². The third-order valence-corrected chi connectivity index (χ3v) is 0.309. The summed E-state index contributed by atoms with van der Waals surface area (Å²) in [6, 6.07) is 0. The summed E-state index contributed by atoms with van der Waals surface area (Å²) < 4.78 is 4.35. The van der Waals surface area contributed by atoms with E-state index in [0.717, 1.165) is 0 Å². The van der Waals surface area contributed by atoms with Crippen molar-refractivity contribution in [2.45, 2.75) is 0 Å². The molecule has 5 heteroatoms. The van der Waals surface area contributed by atoms with Gasteiger partial charge in [0.15, 0.2) is 0 Å². The standard InChI is InChI=1S/C3H2NO.CH2O2.Na/c1-2-5-3-4-1;2-1-3;/h1-2H;1H,(H,2,3);/q-1;;+1. The Labute approximate surface area is 74.2 Å². The molecule has 1 N–H and O–H groups in total. The topological polar surface area (TPSA) is 63.3 Å². The van der Waals surface area contributed by atoms with Gasteiger partial charge in [0, 0.05) is 0 Å². The van der Waals surface area contributed by atoms with Gasteiger partial charge in [-0.25, -0.2) is 0 Å². The van der Waals surface area contributed by atoms with E-state index in [2.05, 4.69) is 15.8 Å². The van der Waals surface area contributed by atoms with Crippen molar-refractivity contribution in [1.29, 1.82) is 0 Å². The van der Waals surface area contributed by atoms with E-state index in [1.165, 1.54) is 12.5 Å². The van der Waals surface area contributed by atoms with Crippen LogP contribution in [-0.4, -0.2) is 16.6 Å². The fourth-order valence-electron chi connectivity index (χ4n) is 0.152. The quantitative estimate of drug-likeness (QED) is 0.238. The normalized spacial score (nSPS) is 5.78. The Morgan fingerprint density at radius 1 is 1.78 bits per heavy atom. The van der Waals surface area contributed by atoms with Crippen LogP contribution in [0.25, 0.3) is 0 Å². The van der Waals surface area contributed by atoms with Crippen LogP contribution in [0.15, 0.2) is 16.9 Å². The molecule has 44 valence electrons. The fourth-order valence-corrected chi connectivity index (χ4v) is 0.152. The Balaban J connectivity index is 0. The first-order chi connectivity index (χ1) is 3.91. The number of nitrogens with zero attached hydrogens (tertiary/aromatic N) is 1. The van der Waals surface area contributed by atoms with Crippen molar-refractivity contribution in [2.75, 3.05) is 0 Å². The third kappa shape index (κ3) is 11.3. The number of oxazole rings is 1. The van der Waals surface area contributed by atoms with Gasteiger partial charge in [0.25, 0.3) is 6.47 Å². The molecular formula is C4H4NNaO3. The first-order valence-electron chi connectivity index (χ1n) is 1.75. The summed E-state index contributed by atoms with van der Waals surface area (Å²) in [6.45, 7) is -0.250. The number of carbonyl (C=O) groups is 1. The molecule has 0 aromatic carbocycles. The van der Waals surface area contributed by atoms with Crippen molar-refractivity contribution in [2.24, 2.45) is 0 Å². The monoisotopic (exact) mass is 137 g/mol. The molecule has 1 rings (SSSR count). The number of carboxylic acid groups (broad SMARTS) is 1. The maximum atomic E-state index is 8.36. The van der Waals surface area contributed by atoms with Gasteiger partial charge < -0.3 is 14.5 Å². The summed E-state index contributed by atoms with van der Waals surface area (Å²) in [5.41, 5.74) is 0. The van der Waals surface area contributed by atoms with E-state index < -0.39 is 0 Å².